The van der Waals surface area contributed by atoms with Gasteiger partial charge in [0.2, 0.25) is 0 Å². The van der Waals surface area contributed by atoms with Gasteiger partial charge in [-0.05, 0) is 36.6 Å². The van der Waals surface area contributed by atoms with Gasteiger partial charge in [0.05, 0.1) is 16.0 Å². The van der Waals surface area contributed by atoms with Crippen molar-refractivity contribution >= 4 is 38.2 Å². The molecular weight excluding hydrogens is 475 g/mol. The SMILES string of the molecule is Nc1ncnc2c1c(-c1ccc(NS(=O)(=O)c3ccccc3[N+](=O)[O-])c(F)c1)cn2C1CCCC1. The molecule has 10 nitrogen and oxygen atoms in total. The molecule has 2 aromatic carbocycles. The van der Waals surface area contributed by atoms with Crippen molar-refractivity contribution in [2.75, 3.05) is 10.5 Å². The van der Waals surface area contributed by atoms with E-state index in [-0.39, 0.29) is 17.5 Å². The lowest BCUT2D eigenvalue weighted by molar-refractivity contribution is -0.387. The van der Waals surface area contributed by atoms with Crippen molar-refractivity contribution in [3.05, 3.63) is 70.9 Å². The molecule has 0 bridgehead atoms. The average Bonchev–Trinajstić information content (AvgIpc) is 3.49. The number of hydrogen-bond donors (Lipinski definition) is 2. The van der Waals surface area contributed by atoms with Gasteiger partial charge in [0, 0.05) is 23.9 Å². The quantitative estimate of drug-likeness (QED) is 0.292. The molecule has 0 aliphatic heterocycles. The molecule has 0 spiro atoms. The molecule has 0 saturated heterocycles. The Kier molecular flexibility index (Phi) is 5.59. The first-order chi connectivity index (χ1) is 16.8. The first-order valence-corrected chi connectivity index (χ1v) is 12.4. The van der Waals surface area contributed by atoms with Crippen molar-refractivity contribution in [1.82, 2.24) is 14.5 Å². The van der Waals surface area contributed by atoms with Gasteiger partial charge in [-0.1, -0.05) is 31.0 Å². The normalized spacial score (nSPS) is 14.4. The summed E-state index contributed by atoms with van der Waals surface area (Å²) in [6, 6.07) is 9.15. The lowest BCUT2D eigenvalue weighted by Crippen LogP contribution is -2.15. The number of benzene rings is 2. The van der Waals surface area contributed by atoms with Crippen molar-refractivity contribution in [3.63, 3.8) is 0 Å². The van der Waals surface area contributed by atoms with Gasteiger partial charge in [-0.2, -0.15) is 0 Å². The average molecular weight is 497 g/mol. The smallest absolute Gasteiger partial charge is 0.289 e. The fraction of sp³-hybridized carbons (Fsp3) is 0.217. The number of nitrogens with one attached hydrogen (secondary N) is 1. The summed E-state index contributed by atoms with van der Waals surface area (Å²) < 4.78 is 44.9. The monoisotopic (exact) mass is 496 g/mol. The molecule has 0 unspecified atom stereocenters. The van der Waals surface area contributed by atoms with Crippen LogP contribution in [0.15, 0.2) is 59.9 Å². The molecule has 1 saturated carbocycles. The first kappa shape index (κ1) is 22.7. The maximum Gasteiger partial charge on any atom is 0.289 e. The van der Waals surface area contributed by atoms with Gasteiger partial charge in [0.15, 0.2) is 4.90 Å². The van der Waals surface area contributed by atoms with Crippen LogP contribution in [0.1, 0.15) is 31.7 Å². The number of nitrogens with zero attached hydrogens (tertiary/aromatic N) is 4. The zero-order valence-corrected chi connectivity index (χ0v) is 19.2. The number of nitro benzene ring substituents is 1. The van der Waals surface area contributed by atoms with Gasteiger partial charge >= 0.3 is 0 Å². The van der Waals surface area contributed by atoms with Crippen molar-refractivity contribution in [3.8, 4) is 11.1 Å². The number of hydrogen-bond acceptors (Lipinski definition) is 7. The Hall–Kier alpha value is -4.06. The Bertz CT molecular complexity index is 1560. The van der Waals surface area contributed by atoms with E-state index >= 15 is 4.39 Å². The minimum Gasteiger partial charge on any atom is -0.383 e. The Labute approximate surface area is 199 Å². The number of nitro groups is 1. The number of aromatic nitrogens is 3. The topological polar surface area (TPSA) is 146 Å². The van der Waals surface area contributed by atoms with Crippen molar-refractivity contribution in [2.45, 2.75) is 36.6 Å². The highest BCUT2D eigenvalue weighted by Gasteiger charge is 2.27. The number of para-hydroxylation sites is 1. The van der Waals surface area contributed by atoms with Crippen LogP contribution in [-0.4, -0.2) is 27.9 Å². The second-order valence-electron chi connectivity index (χ2n) is 8.37. The highest BCUT2D eigenvalue weighted by molar-refractivity contribution is 7.92. The van der Waals surface area contributed by atoms with Crippen LogP contribution in [0.2, 0.25) is 0 Å². The second kappa shape index (κ2) is 8.62. The lowest BCUT2D eigenvalue weighted by atomic mass is 10.1. The molecule has 0 radical (unpaired) electrons. The summed E-state index contributed by atoms with van der Waals surface area (Å²) >= 11 is 0. The first-order valence-electron chi connectivity index (χ1n) is 10.9. The minimum atomic E-state index is -4.41. The number of halogens is 1. The van der Waals surface area contributed by atoms with E-state index < -0.39 is 31.3 Å². The van der Waals surface area contributed by atoms with E-state index in [1.807, 2.05) is 6.20 Å². The molecule has 2 heterocycles. The number of nitrogen functional groups attached to an aromatic ring is 1. The molecule has 1 aliphatic carbocycles. The number of fused-ring (bicyclic) bond motifs is 1. The Morgan fingerprint density at radius 2 is 1.89 bits per heavy atom. The van der Waals surface area contributed by atoms with Crippen LogP contribution in [0, 0.1) is 15.9 Å². The molecule has 5 rings (SSSR count). The Balaban J connectivity index is 1.54. The van der Waals surface area contributed by atoms with Gasteiger partial charge < -0.3 is 10.3 Å². The van der Waals surface area contributed by atoms with Crippen LogP contribution in [0.4, 0.5) is 21.6 Å². The molecule has 1 fully saturated rings. The molecule has 0 atom stereocenters. The highest BCUT2D eigenvalue weighted by atomic mass is 32.2. The summed E-state index contributed by atoms with van der Waals surface area (Å²) in [6.07, 6.45) is 7.53. The zero-order chi connectivity index (χ0) is 24.7. The summed E-state index contributed by atoms with van der Waals surface area (Å²) in [4.78, 5) is 18.4. The van der Waals surface area contributed by atoms with Crippen LogP contribution in [-0.2, 0) is 10.0 Å². The summed E-state index contributed by atoms with van der Waals surface area (Å²) in [7, 11) is -4.41. The van der Waals surface area contributed by atoms with E-state index in [0.29, 0.717) is 22.2 Å². The largest absolute Gasteiger partial charge is 0.383 e. The molecule has 2 aromatic heterocycles. The minimum absolute atomic E-state index is 0.262. The van der Waals surface area contributed by atoms with E-state index in [1.165, 1.54) is 30.6 Å². The lowest BCUT2D eigenvalue weighted by Gasteiger charge is -2.12. The highest BCUT2D eigenvalue weighted by Crippen LogP contribution is 2.39. The third-order valence-electron chi connectivity index (χ3n) is 6.23. The predicted molar refractivity (Wildman–Crippen MR) is 129 cm³/mol. The number of sulfonamides is 1. The third-order valence-corrected chi connectivity index (χ3v) is 7.65. The van der Waals surface area contributed by atoms with Gasteiger partial charge in [0.1, 0.15) is 23.6 Å². The van der Waals surface area contributed by atoms with Crippen LogP contribution in [0.25, 0.3) is 22.2 Å². The molecule has 35 heavy (non-hydrogen) atoms. The van der Waals surface area contributed by atoms with Crippen molar-refractivity contribution in [1.29, 1.82) is 0 Å². The maximum atomic E-state index is 15.1. The van der Waals surface area contributed by atoms with Gasteiger partial charge in [0.25, 0.3) is 15.7 Å². The maximum absolute atomic E-state index is 15.1. The summed E-state index contributed by atoms with van der Waals surface area (Å²) in [5, 5.41) is 11.8. The number of anilines is 2. The van der Waals surface area contributed by atoms with Crippen molar-refractivity contribution in [2.24, 2.45) is 0 Å². The molecule has 180 valence electrons. The molecule has 3 N–H and O–H groups in total. The summed E-state index contributed by atoms with van der Waals surface area (Å²) in [5.74, 6) is -0.579. The van der Waals surface area contributed by atoms with Crippen molar-refractivity contribution < 1.29 is 17.7 Å². The number of nitrogens with two attached hydrogens (primary N) is 1. The molecule has 4 aromatic rings. The van der Waals surface area contributed by atoms with E-state index in [4.69, 9.17) is 5.73 Å². The molecule has 1 aliphatic rings. The van der Waals surface area contributed by atoms with Crippen LogP contribution in [0.3, 0.4) is 0 Å². The standard InChI is InChI=1S/C23H21FN6O4S/c24-17-11-14(9-10-18(17)28-35(33,34)20-8-4-3-7-19(20)30(31)32)16-12-29(15-5-1-2-6-15)23-21(16)22(25)26-13-27-23/h3-4,7-13,15,28H,1-2,5-6H2,(H2,25,26,27). The van der Waals surface area contributed by atoms with E-state index in [0.717, 1.165) is 37.8 Å². The molecule has 0 amide bonds. The van der Waals surface area contributed by atoms with Gasteiger partial charge in [-0.25, -0.2) is 22.8 Å². The van der Waals surface area contributed by atoms with E-state index in [9.17, 15) is 18.5 Å². The zero-order valence-electron chi connectivity index (χ0n) is 18.4. The fourth-order valence-corrected chi connectivity index (χ4v) is 5.83. The third kappa shape index (κ3) is 4.05. The molecular formula is C23H21FN6O4S. The summed E-state index contributed by atoms with van der Waals surface area (Å²) in [5.41, 5.74) is 6.99. The molecule has 12 heteroatoms. The second-order valence-corrected chi connectivity index (χ2v) is 10.0. The van der Waals surface area contributed by atoms with Gasteiger partial charge in [-0.3, -0.25) is 14.8 Å². The van der Waals surface area contributed by atoms with E-state index in [1.54, 1.807) is 6.07 Å². The van der Waals surface area contributed by atoms with E-state index in [2.05, 4.69) is 19.3 Å². The fourth-order valence-electron chi connectivity index (χ4n) is 4.59. The summed E-state index contributed by atoms with van der Waals surface area (Å²) in [6.45, 7) is 0. The predicted octanol–water partition coefficient (Wildman–Crippen LogP) is 4.64. The van der Waals surface area contributed by atoms with Crippen LogP contribution in [0.5, 0.6) is 0 Å². The van der Waals surface area contributed by atoms with Gasteiger partial charge in [-0.15, -0.1) is 0 Å². The number of rotatable bonds is 6. The van der Waals surface area contributed by atoms with Crippen LogP contribution >= 0.6 is 0 Å². The Morgan fingerprint density at radius 1 is 1.14 bits per heavy atom. The van der Waals surface area contributed by atoms with Crippen LogP contribution < -0.4 is 10.5 Å². The Morgan fingerprint density at radius 3 is 2.60 bits per heavy atom.